The minimum Gasteiger partial charge on any atom is -0.442 e. The average Bonchev–Trinajstić information content (AvgIpc) is 2.68. The van der Waals surface area contributed by atoms with Crippen LogP contribution in [-0.2, 0) is 9.53 Å². The predicted molar refractivity (Wildman–Crippen MR) is 75.7 cm³/mol. The van der Waals surface area contributed by atoms with Crippen LogP contribution in [0.4, 0.5) is 10.5 Å². The number of ether oxygens (including phenoxy) is 1. The molecule has 0 spiro atoms. The first-order chi connectivity index (χ1) is 9.26. The van der Waals surface area contributed by atoms with Gasteiger partial charge in [-0.15, -0.1) is 0 Å². The summed E-state index contributed by atoms with van der Waals surface area (Å²) in [5.74, 6) is -0.173. The summed E-state index contributed by atoms with van der Waals surface area (Å²) >= 11 is 0. The first-order valence-corrected chi connectivity index (χ1v) is 6.25. The van der Waals surface area contributed by atoms with E-state index >= 15 is 0 Å². The monoisotopic (exact) mass is 275 g/mol. The van der Waals surface area contributed by atoms with E-state index in [2.05, 4.69) is 10.4 Å². The summed E-state index contributed by atoms with van der Waals surface area (Å²) in [5, 5.41) is 7.49. The summed E-state index contributed by atoms with van der Waals surface area (Å²) in [4.78, 5) is 23.1. The quantitative estimate of drug-likeness (QED) is 0.868. The Kier molecular flexibility index (Phi) is 3.48. The fourth-order valence-corrected chi connectivity index (χ4v) is 1.75. The Morgan fingerprint density at radius 1 is 1.30 bits per heavy atom. The molecule has 0 radical (unpaired) electrons. The Labute approximate surface area is 116 Å². The van der Waals surface area contributed by atoms with Crippen molar-refractivity contribution in [3.05, 3.63) is 24.4 Å². The van der Waals surface area contributed by atoms with Gasteiger partial charge in [0.05, 0.1) is 11.7 Å². The standard InChI is InChI=1S/C14H17N3O3/c1-9(18)16-11-6-5-10-8-15-17(12(10)7-11)13(19)20-14(2,3)4/h5-8H,1-4H3,(H,16,18). The second-order valence-electron chi connectivity index (χ2n) is 5.49. The molecule has 0 aliphatic heterocycles. The zero-order chi connectivity index (χ0) is 14.9. The molecule has 1 aromatic heterocycles. The first-order valence-electron chi connectivity index (χ1n) is 6.25. The summed E-state index contributed by atoms with van der Waals surface area (Å²) in [6, 6.07) is 5.23. The summed E-state index contributed by atoms with van der Waals surface area (Å²) in [6.07, 6.45) is 1.03. The minimum absolute atomic E-state index is 0.173. The van der Waals surface area contributed by atoms with Crippen molar-refractivity contribution in [2.75, 3.05) is 5.32 Å². The summed E-state index contributed by atoms with van der Waals surface area (Å²) in [7, 11) is 0. The normalized spacial score (nSPS) is 11.4. The third-order valence-corrected chi connectivity index (χ3v) is 2.46. The van der Waals surface area contributed by atoms with Gasteiger partial charge in [-0.05, 0) is 39.0 Å². The lowest BCUT2D eigenvalue weighted by Crippen LogP contribution is -2.27. The van der Waals surface area contributed by atoms with Gasteiger partial charge in [0.25, 0.3) is 0 Å². The fraction of sp³-hybridized carbons (Fsp3) is 0.357. The molecule has 0 aliphatic rings. The molecule has 2 rings (SSSR count). The van der Waals surface area contributed by atoms with Gasteiger partial charge in [0.15, 0.2) is 0 Å². The Morgan fingerprint density at radius 3 is 2.60 bits per heavy atom. The molecule has 1 N–H and O–H groups in total. The summed E-state index contributed by atoms with van der Waals surface area (Å²) in [5.41, 5.74) is 0.603. The average molecular weight is 275 g/mol. The smallest absolute Gasteiger partial charge is 0.435 e. The van der Waals surface area contributed by atoms with E-state index in [9.17, 15) is 9.59 Å². The van der Waals surface area contributed by atoms with Crippen molar-refractivity contribution in [3.8, 4) is 0 Å². The Morgan fingerprint density at radius 2 is 2.00 bits per heavy atom. The van der Waals surface area contributed by atoms with Gasteiger partial charge in [-0.25, -0.2) is 4.79 Å². The summed E-state index contributed by atoms with van der Waals surface area (Å²) < 4.78 is 6.47. The number of hydrogen-bond donors (Lipinski definition) is 1. The first kappa shape index (κ1) is 14.0. The highest BCUT2D eigenvalue weighted by molar-refractivity contribution is 5.94. The molecule has 106 valence electrons. The van der Waals surface area contributed by atoms with Crippen LogP contribution >= 0.6 is 0 Å². The fourth-order valence-electron chi connectivity index (χ4n) is 1.75. The van der Waals surface area contributed by atoms with E-state index in [0.29, 0.717) is 11.2 Å². The van der Waals surface area contributed by atoms with Gasteiger partial charge in [0.2, 0.25) is 5.91 Å². The SMILES string of the molecule is CC(=O)Nc1ccc2cnn(C(=O)OC(C)(C)C)c2c1. The lowest BCUT2D eigenvalue weighted by Gasteiger charge is -2.19. The molecular weight excluding hydrogens is 258 g/mol. The number of aromatic nitrogens is 2. The number of amides is 1. The lowest BCUT2D eigenvalue weighted by atomic mass is 10.2. The highest BCUT2D eigenvalue weighted by Gasteiger charge is 2.20. The molecule has 20 heavy (non-hydrogen) atoms. The number of hydrogen-bond acceptors (Lipinski definition) is 4. The lowest BCUT2D eigenvalue weighted by molar-refractivity contribution is -0.114. The number of carbonyl (C=O) groups is 2. The zero-order valence-electron chi connectivity index (χ0n) is 11.9. The van der Waals surface area contributed by atoms with E-state index < -0.39 is 11.7 Å². The third-order valence-electron chi connectivity index (χ3n) is 2.46. The molecule has 0 bridgehead atoms. The molecule has 1 aromatic carbocycles. The van der Waals surface area contributed by atoms with Gasteiger partial charge >= 0.3 is 6.09 Å². The highest BCUT2D eigenvalue weighted by atomic mass is 16.6. The van der Waals surface area contributed by atoms with E-state index in [1.54, 1.807) is 45.2 Å². The van der Waals surface area contributed by atoms with Gasteiger partial charge in [0, 0.05) is 18.0 Å². The zero-order valence-corrected chi connectivity index (χ0v) is 11.9. The Balaban J connectivity index is 2.39. The number of fused-ring (bicyclic) bond motifs is 1. The minimum atomic E-state index is -0.593. The maximum Gasteiger partial charge on any atom is 0.435 e. The molecule has 0 saturated carbocycles. The molecule has 2 aromatic rings. The summed E-state index contributed by atoms with van der Waals surface area (Å²) in [6.45, 7) is 6.80. The highest BCUT2D eigenvalue weighted by Crippen LogP contribution is 2.20. The Bertz CT molecular complexity index is 668. The molecular formula is C14H17N3O3. The van der Waals surface area contributed by atoms with Crippen LogP contribution in [-0.4, -0.2) is 27.4 Å². The van der Waals surface area contributed by atoms with Crippen LogP contribution in [0.1, 0.15) is 27.7 Å². The van der Waals surface area contributed by atoms with E-state index in [-0.39, 0.29) is 5.91 Å². The topological polar surface area (TPSA) is 73.2 Å². The van der Waals surface area contributed by atoms with Crippen molar-refractivity contribution in [1.82, 2.24) is 9.78 Å². The number of nitrogens with zero attached hydrogens (tertiary/aromatic N) is 2. The van der Waals surface area contributed by atoms with Crippen LogP contribution in [0.5, 0.6) is 0 Å². The second kappa shape index (κ2) is 4.96. The molecule has 0 atom stereocenters. The molecule has 6 heteroatoms. The molecule has 0 unspecified atom stereocenters. The third kappa shape index (κ3) is 3.14. The molecule has 1 amide bonds. The largest absolute Gasteiger partial charge is 0.442 e. The van der Waals surface area contributed by atoms with Crippen LogP contribution in [0.25, 0.3) is 10.9 Å². The second-order valence-corrected chi connectivity index (χ2v) is 5.49. The van der Waals surface area contributed by atoms with E-state index in [1.165, 1.54) is 11.6 Å². The van der Waals surface area contributed by atoms with Crippen molar-refractivity contribution in [2.24, 2.45) is 0 Å². The predicted octanol–water partition coefficient (Wildman–Crippen LogP) is 2.78. The van der Waals surface area contributed by atoms with E-state index in [1.807, 2.05) is 0 Å². The number of nitrogens with one attached hydrogen (secondary N) is 1. The maximum absolute atomic E-state index is 12.1. The van der Waals surface area contributed by atoms with Crippen molar-refractivity contribution in [3.63, 3.8) is 0 Å². The number of benzene rings is 1. The molecule has 1 heterocycles. The van der Waals surface area contributed by atoms with Crippen molar-refractivity contribution >= 4 is 28.6 Å². The van der Waals surface area contributed by atoms with Crippen LogP contribution in [0.3, 0.4) is 0 Å². The van der Waals surface area contributed by atoms with E-state index in [0.717, 1.165) is 5.39 Å². The van der Waals surface area contributed by atoms with Crippen LogP contribution in [0, 0.1) is 0 Å². The molecule has 6 nitrogen and oxygen atoms in total. The van der Waals surface area contributed by atoms with Crippen molar-refractivity contribution in [1.29, 1.82) is 0 Å². The molecule has 0 fully saturated rings. The van der Waals surface area contributed by atoms with Gasteiger partial charge < -0.3 is 10.1 Å². The van der Waals surface area contributed by atoms with Gasteiger partial charge in [-0.3, -0.25) is 4.79 Å². The van der Waals surface area contributed by atoms with Crippen LogP contribution < -0.4 is 5.32 Å². The number of anilines is 1. The van der Waals surface area contributed by atoms with Gasteiger partial charge in [-0.2, -0.15) is 9.78 Å². The maximum atomic E-state index is 12.1. The van der Waals surface area contributed by atoms with Gasteiger partial charge in [-0.1, -0.05) is 0 Å². The van der Waals surface area contributed by atoms with Crippen molar-refractivity contribution < 1.29 is 14.3 Å². The van der Waals surface area contributed by atoms with Gasteiger partial charge in [0.1, 0.15) is 5.60 Å². The Hall–Kier alpha value is -2.37. The van der Waals surface area contributed by atoms with Crippen molar-refractivity contribution in [2.45, 2.75) is 33.3 Å². The number of rotatable bonds is 1. The molecule has 0 saturated heterocycles. The number of carbonyl (C=O) groups excluding carboxylic acids is 2. The van der Waals surface area contributed by atoms with Crippen LogP contribution in [0.15, 0.2) is 24.4 Å². The van der Waals surface area contributed by atoms with Crippen LogP contribution in [0.2, 0.25) is 0 Å². The molecule has 0 aliphatic carbocycles. The van der Waals surface area contributed by atoms with E-state index in [4.69, 9.17) is 4.74 Å².